The van der Waals surface area contributed by atoms with Crippen molar-refractivity contribution in [2.45, 2.75) is 5.41 Å². The molecule has 0 unspecified atom stereocenters. The number of para-hydroxylation sites is 2. The van der Waals surface area contributed by atoms with Gasteiger partial charge in [0.1, 0.15) is 11.2 Å². The Kier molecular flexibility index (Phi) is 9.77. The highest BCUT2D eigenvalue weighted by Gasteiger charge is 2.46. The fourth-order valence-electron chi connectivity index (χ4n) is 11.2. The topological polar surface area (TPSA) is 16.4 Å². The Balaban J connectivity index is 1.01. The standard InChI is InChI=1S/C67H45NO/c1-4-20-46(21-5-1)47-40-42-48(43-41-47)55-30-11-14-37-62(55)68(54-29-17-23-50(45-54)57-34-19-39-64-66(57)59-32-12-15-38-63(59)69-64)53-28-16-22-49(44-53)56-33-18-36-61-65(56)58-31-10-13-35-60(58)67(61,51-24-6-2-7-25-51)52-26-8-3-9-27-52/h1-45H. The van der Waals surface area contributed by atoms with Gasteiger partial charge in [-0.1, -0.05) is 231 Å². The predicted molar refractivity (Wildman–Crippen MR) is 287 cm³/mol. The van der Waals surface area contributed by atoms with Crippen molar-refractivity contribution in [1.29, 1.82) is 0 Å². The lowest BCUT2D eigenvalue weighted by molar-refractivity contribution is 0.669. The number of anilines is 3. The third kappa shape index (κ3) is 6.64. The molecule has 1 heterocycles. The second-order valence-electron chi connectivity index (χ2n) is 17.9. The van der Waals surface area contributed by atoms with Crippen LogP contribution in [0.25, 0.3) is 77.6 Å². The van der Waals surface area contributed by atoms with Crippen LogP contribution in [0.1, 0.15) is 22.3 Å². The first-order chi connectivity index (χ1) is 34.2. The molecule has 0 aliphatic heterocycles. The van der Waals surface area contributed by atoms with E-state index in [0.717, 1.165) is 66.8 Å². The minimum Gasteiger partial charge on any atom is -0.456 e. The van der Waals surface area contributed by atoms with E-state index < -0.39 is 5.41 Å². The highest BCUT2D eigenvalue weighted by Crippen LogP contribution is 2.58. The van der Waals surface area contributed by atoms with Gasteiger partial charge in [0.25, 0.3) is 0 Å². The molecule has 1 aliphatic rings. The number of benzene rings is 11. The lowest BCUT2D eigenvalue weighted by atomic mass is 9.67. The van der Waals surface area contributed by atoms with Crippen LogP contribution in [0.2, 0.25) is 0 Å². The fraction of sp³-hybridized carbons (Fsp3) is 0.0149. The fourth-order valence-corrected chi connectivity index (χ4v) is 11.2. The van der Waals surface area contributed by atoms with Crippen molar-refractivity contribution in [2.75, 3.05) is 4.90 Å². The minimum atomic E-state index is -0.493. The summed E-state index contributed by atoms with van der Waals surface area (Å²) in [6.07, 6.45) is 0. The SMILES string of the molecule is c1ccc(-c2ccc(-c3ccccc3N(c3cccc(-c4cccc5c4-c4ccccc4C5(c4ccccc4)c4ccccc4)c3)c3cccc(-c4cccc5oc6ccccc6c45)c3)cc2)cc1. The van der Waals surface area contributed by atoms with E-state index >= 15 is 0 Å². The van der Waals surface area contributed by atoms with Crippen molar-refractivity contribution < 1.29 is 4.42 Å². The van der Waals surface area contributed by atoms with Gasteiger partial charge in [0.15, 0.2) is 0 Å². The van der Waals surface area contributed by atoms with Crippen molar-refractivity contribution in [3.05, 3.63) is 295 Å². The molecule has 69 heavy (non-hydrogen) atoms. The minimum absolute atomic E-state index is 0.493. The Morgan fingerprint density at radius 2 is 0.783 bits per heavy atom. The summed E-state index contributed by atoms with van der Waals surface area (Å²) in [6.45, 7) is 0. The molecule has 0 radical (unpaired) electrons. The van der Waals surface area contributed by atoms with Crippen LogP contribution in [-0.4, -0.2) is 0 Å². The van der Waals surface area contributed by atoms with Crippen molar-refractivity contribution in [3.63, 3.8) is 0 Å². The summed E-state index contributed by atoms with van der Waals surface area (Å²) < 4.78 is 6.39. The zero-order chi connectivity index (χ0) is 45.7. The third-order valence-electron chi connectivity index (χ3n) is 14.2. The average Bonchev–Trinajstić information content (AvgIpc) is 3.97. The van der Waals surface area contributed by atoms with E-state index in [1.54, 1.807) is 0 Å². The second kappa shape index (κ2) is 16.7. The monoisotopic (exact) mass is 879 g/mol. The molecule has 2 heteroatoms. The number of nitrogens with zero attached hydrogens (tertiary/aromatic N) is 1. The zero-order valence-electron chi connectivity index (χ0n) is 37.8. The Morgan fingerprint density at radius 1 is 0.304 bits per heavy atom. The molecule has 2 nitrogen and oxygen atoms in total. The second-order valence-corrected chi connectivity index (χ2v) is 17.9. The van der Waals surface area contributed by atoms with Gasteiger partial charge in [-0.2, -0.15) is 0 Å². The molecule has 11 aromatic carbocycles. The zero-order valence-corrected chi connectivity index (χ0v) is 37.8. The molecular weight excluding hydrogens is 835 g/mol. The van der Waals surface area contributed by atoms with E-state index in [1.807, 2.05) is 6.07 Å². The van der Waals surface area contributed by atoms with Gasteiger partial charge in [-0.25, -0.2) is 0 Å². The van der Waals surface area contributed by atoms with E-state index in [1.165, 1.54) is 50.1 Å². The first-order valence-corrected chi connectivity index (χ1v) is 23.7. The summed E-state index contributed by atoms with van der Waals surface area (Å²) in [7, 11) is 0. The van der Waals surface area contributed by atoms with Crippen molar-refractivity contribution in [2.24, 2.45) is 0 Å². The molecule has 12 aromatic rings. The number of furan rings is 1. The van der Waals surface area contributed by atoms with Gasteiger partial charge in [-0.05, 0) is 115 Å². The maximum absolute atomic E-state index is 6.39. The quantitative estimate of drug-likeness (QED) is 0.144. The highest BCUT2D eigenvalue weighted by atomic mass is 16.3. The van der Waals surface area contributed by atoms with Gasteiger partial charge < -0.3 is 9.32 Å². The molecule has 0 bridgehead atoms. The Labute approximate surface area is 402 Å². The summed E-state index contributed by atoms with van der Waals surface area (Å²) >= 11 is 0. The predicted octanol–water partition coefficient (Wildman–Crippen LogP) is 18.1. The van der Waals surface area contributed by atoms with Crippen LogP contribution < -0.4 is 4.90 Å². The maximum Gasteiger partial charge on any atom is 0.136 e. The Bertz CT molecular complexity index is 3790. The van der Waals surface area contributed by atoms with Crippen LogP contribution in [0.5, 0.6) is 0 Å². The first-order valence-electron chi connectivity index (χ1n) is 23.7. The van der Waals surface area contributed by atoms with Crippen molar-refractivity contribution in [1.82, 2.24) is 0 Å². The third-order valence-corrected chi connectivity index (χ3v) is 14.2. The van der Waals surface area contributed by atoms with Crippen LogP contribution in [0, 0.1) is 0 Å². The molecule has 0 saturated heterocycles. The highest BCUT2D eigenvalue weighted by molar-refractivity contribution is 6.12. The van der Waals surface area contributed by atoms with Crippen LogP contribution in [0.3, 0.4) is 0 Å². The molecule has 324 valence electrons. The van der Waals surface area contributed by atoms with Crippen LogP contribution in [0.15, 0.2) is 277 Å². The van der Waals surface area contributed by atoms with E-state index in [9.17, 15) is 0 Å². The molecule has 0 fully saturated rings. The molecule has 1 aromatic heterocycles. The summed E-state index contributed by atoms with van der Waals surface area (Å²) in [6, 6.07) is 99.3. The summed E-state index contributed by atoms with van der Waals surface area (Å²) in [4.78, 5) is 2.44. The molecule has 0 spiro atoms. The number of hydrogen-bond acceptors (Lipinski definition) is 2. The van der Waals surface area contributed by atoms with Gasteiger partial charge in [0.05, 0.1) is 11.1 Å². The van der Waals surface area contributed by atoms with E-state index in [4.69, 9.17) is 4.42 Å². The molecule has 0 amide bonds. The van der Waals surface area contributed by atoms with Crippen molar-refractivity contribution >= 4 is 39.0 Å². The largest absolute Gasteiger partial charge is 0.456 e. The molecule has 1 aliphatic carbocycles. The molecular formula is C67H45NO. The summed E-state index contributed by atoms with van der Waals surface area (Å²) in [5.74, 6) is 0. The normalized spacial score (nSPS) is 12.5. The van der Waals surface area contributed by atoms with E-state index in [2.05, 4.69) is 272 Å². The van der Waals surface area contributed by atoms with Crippen LogP contribution in [-0.2, 0) is 5.41 Å². The number of hydrogen-bond donors (Lipinski definition) is 0. The Morgan fingerprint density at radius 3 is 1.51 bits per heavy atom. The van der Waals surface area contributed by atoms with E-state index in [0.29, 0.717) is 0 Å². The smallest absolute Gasteiger partial charge is 0.136 e. The van der Waals surface area contributed by atoms with Gasteiger partial charge in [-0.3, -0.25) is 0 Å². The van der Waals surface area contributed by atoms with Crippen LogP contribution in [0.4, 0.5) is 17.1 Å². The molecule has 0 atom stereocenters. The van der Waals surface area contributed by atoms with Crippen molar-refractivity contribution in [3.8, 4) is 55.6 Å². The number of fused-ring (bicyclic) bond motifs is 6. The maximum atomic E-state index is 6.39. The van der Waals surface area contributed by atoms with Gasteiger partial charge in [0.2, 0.25) is 0 Å². The molecule has 0 saturated carbocycles. The summed E-state index contributed by atoms with van der Waals surface area (Å²) in [5.41, 5.74) is 21.4. The lowest BCUT2D eigenvalue weighted by Gasteiger charge is -2.34. The molecule has 13 rings (SSSR count). The van der Waals surface area contributed by atoms with E-state index in [-0.39, 0.29) is 0 Å². The molecule has 0 N–H and O–H groups in total. The van der Waals surface area contributed by atoms with Gasteiger partial charge in [0, 0.05) is 27.7 Å². The summed E-state index contributed by atoms with van der Waals surface area (Å²) in [5, 5.41) is 2.24. The Hall–Kier alpha value is -8.98. The van der Waals surface area contributed by atoms with Crippen LogP contribution >= 0.6 is 0 Å². The first kappa shape index (κ1) is 40.3. The number of rotatable bonds is 9. The average molecular weight is 880 g/mol. The van der Waals surface area contributed by atoms with Gasteiger partial charge >= 0.3 is 0 Å². The van der Waals surface area contributed by atoms with Gasteiger partial charge in [-0.15, -0.1) is 0 Å². The lowest BCUT2D eigenvalue weighted by Crippen LogP contribution is -2.28.